The van der Waals surface area contributed by atoms with Gasteiger partial charge in [-0.05, 0) is 13.8 Å². The molecule has 10 rings (SSSR count). The van der Waals surface area contributed by atoms with Gasteiger partial charge in [0.25, 0.3) is 0 Å². The quantitative estimate of drug-likeness (QED) is 0.138. The van der Waals surface area contributed by atoms with Crippen molar-refractivity contribution >= 4 is 64.2 Å². The summed E-state index contributed by atoms with van der Waals surface area (Å²) in [5.74, 6) is 1.75. The Morgan fingerprint density at radius 1 is 0.614 bits per heavy atom. The molecule has 4 fully saturated rings. The first-order chi connectivity index (χ1) is 33.5. The highest BCUT2D eigenvalue weighted by atomic mass is 19.4. The Kier molecular flexibility index (Phi) is 13.6. The summed E-state index contributed by atoms with van der Waals surface area (Å²) >= 11 is 0. The van der Waals surface area contributed by atoms with Crippen molar-refractivity contribution in [2.45, 2.75) is 51.4 Å². The highest BCUT2D eigenvalue weighted by Crippen LogP contribution is 2.36. The maximum absolute atomic E-state index is 13.8. The molecule has 5 N–H and O–H groups in total. The number of amides is 1. The third-order valence-corrected chi connectivity index (χ3v) is 12.0. The molecule has 6 aromatic heterocycles. The van der Waals surface area contributed by atoms with Crippen LogP contribution in [0.15, 0.2) is 24.8 Å². The van der Waals surface area contributed by atoms with E-state index in [1.165, 1.54) is 24.8 Å². The maximum atomic E-state index is 13.8. The van der Waals surface area contributed by atoms with Crippen LogP contribution in [-0.4, -0.2) is 187 Å². The van der Waals surface area contributed by atoms with Crippen LogP contribution in [0.1, 0.15) is 13.8 Å². The molecule has 0 bridgehead atoms. The molecule has 1 amide bonds. The van der Waals surface area contributed by atoms with Crippen LogP contribution in [0.5, 0.6) is 0 Å². The molecule has 0 aliphatic carbocycles. The van der Waals surface area contributed by atoms with Crippen molar-refractivity contribution in [3.8, 4) is 22.8 Å². The van der Waals surface area contributed by atoms with E-state index in [0.717, 1.165) is 15.5 Å². The molecule has 2 atom stereocenters. The van der Waals surface area contributed by atoms with Gasteiger partial charge in [-0.15, -0.1) is 0 Å². The third-order valence-electron chi connectivity index (χ3n) is 12.0. The van der Waals surface area contributed by atoms with Gasteiger partial charge in [0.15, 0.2) is 45.6 Å². The summed E-state index contributed by atoms with van der Waals surface area (Å²) in [6.07, 6.45) is -2.46. The number of halogens is 6. The molecule has 0 radical (unpaired) electrons. The van der Waals surface area contributed by atoms with Crippen LogP contribution in [0, 0.1) is 0 Å². The minimum Gasteiger partial charge on any atom is -0.378 e. The lowest BCUT2D eigenvalue weighted by Gasteiger charge is -2.38. The highest BCUT2D eigenvalue weighted by molar-refractivity contribution is 5.89. The minimum absolute atomic E-state index is 0.0520. The second-order valence-electron chi connectivity index (χ2n) is 17.1. The number of nitrogen functional groups attached to an aromatic ring is 2. The highest BCUT2D eigenvalue weighted by Gasteiger charge is 2.37. The lowest BCUT2D eigenvalue weighted by Crippen LogP contribution is -2.52. The van der Waals surface area contributed by atoms with Crippen molar-refractivity contribution in [1.29, 1.82) is 0 Å². The summed E-state index contributed by atoms with van der Waals surface area (Å²) in [7, 11) is 0. The number of hydrogen-bond donors (Lipinski definition) is 3. The van der Waals surface area contributed by atoms with Gasteiger partial charge in [0.05, 0.1) is 37.6 Å². The van der Waals surface area contributed by atoms with Gasteiger partial charge in [-0.2, -0.15) is 26.3 Å². The van der Waals surface area contributed by atoms with Crippen LogP contribution >= 0.6 is 0 Å². The average molecular weight is 985 g/mol. The van der Waals surface area contributed by atoms with Crippen molar-refractivity contribution in [2.75, 3.05) is 123 Å². The van der Waals surface area contributed by atoms with Gasteiger partial charge in [0, 0.05) is 102 Å². The molecule has 4 aliphatic rings. The number of piperazine rings is 2. The zero-order valence-electron chi connectivity index (χ0n) is 38.1. The second kappa shape index (κ2) is 19.8. The number of nitrogens with zero attached hydrogens (tertiary/aromatic N) is 17. The smallest absolute Gasteiger partial charge is 0.378 e. The first-order valence-electron chi connectivity index (χ1n) is 22.5. The Morgan fingerprint density at radius 3 is 1.46 bits per heavy atom. The summed E-state index contributed by atoms with van der Waals surface area (Å²) in [4.78, 5) is 64.0. The van der Waals surface area contributed by atoms with Gasteiger partial charge in [0.1, 0.15) is 13.1 Å². The predicted octanol–water partition coefficient (Wildman–Crippen LogP) is 1.99. The molecule has 10 heterocycles. The molecule has 0 spiro atoms. The summed E-state index contributed by atoms with van der Waals surface area (Å²) < 4.78 is 95.6. The number of carbonyl (C=O) groups is 1. The van der Waals surface area contributed by atoms with E-state index in [1.807, 2.05) is 28.5 Å². The van der Waals surface area contributed by atoms with E-state index in [0.29, 0.717) is 120 Å². The number of aromatic nitrogens is 12. The van der Waals surface area contributed by atoms with Crippen molar-refractivity contribution in [3.63, 3.8) is 0 Å². The third kappa shape index (κ3) is 10.6. The molecule has 29 heteroatoms. The molecule has 4 saturated heterocycles. The van der Waals surface area contributed by atoms with Crippen LogP contribution < -0.4 is 36.4 Å². The van der Waals surface area contributed by atoms with Gasteiger partial charge in [0.2, 0.25) is 30.2 Å². The molecular weight excluding hydrogens is 935 g/mol. The van der Waals surface area contributed by atoms with Crippen LogP contribution in [0.4, 0.5) is 61.8 Å². The van der Waals surface area contributed by atoms with Crippen molar-refractivity contribution in [2.24, 2.45) is 0 Å². The van der Waals surface area contributed by atoms with E-state index in [4.69, 9.17) is 20.9 Å². The van der Waals surface area contributed by atoms with E-state index in [9.17, 15) is 31.1 Å². The first kappa shape index (κ1) is 48.0. The predicted molar refractivity (Wildman–Crippen MR) is 244 cm³/mol. The fourth-order valence-electron chi connectivity index (χ4n) is 8.66. The molecule has 374 valence electrons. The van der Waals surface area contributed by atoms with Crippen molar-refractivity contribution in [1.82, 2.24) is 69.2 Å². The van der Waals surface area contributed by atoms with Gasteiger partial charge in [-0.25, -0.2) is 49.8 Å². The van der Waals surface area contributed by atoms with Crippen LogP contribution in [0.25, 0.3) is 45.1 Å². The average Bonchev–Trinajstić information content (AvgIpc) is 3.88. The molecule has 0 saturated carbocycles. The monoisotopic (exact) mass is 984 g/mol. The first-order valence-corrected chi connectivity index (χ1v) is 22.5. The molecule has 23 nitrogen and oxygen atoms in total. The molecule has 0 unspecified atom stereocenters. The maximum Gasteiger partial charge on any atom is 0.406 e. The van der Waals surface area contributed by atoms with E-state index in [1.54, 1.807) is 9.80 Å². The van der Waals surface area contributed by atoms with Gasteiger partial charge in [-0.3, -0.25) is 13.9 Å². The SMILES string of the molecule is C[C@@H]1CN(c2nc3c(N4CCOCC4)nc(-c4cnc(N)nc4)nc3n2CC(F)(F)F)CCN1.C[C@@H]1CN(c2nc3c(N4CCOCC4)nc(-c4cnc(N)nc4)nc3n2CC(F)(F)F)CCN1C=O. The van der Waals surface area contributed by atoms with Crippen LogP contribution in [0.3, 0.4) is 0 Å². The molecular formula is C41H50F6N20O3. The van der Waals surface area contributed by atoms with Gasteiger partial charge < -0.3 is 50.8 Å². The van der Waals surface area contributed by atoms with Crippen LogP contribution in [-0.2, 0) is 27.4 Å². The molecule has 0 aromatic carbocycles. The Labute approximate surface area is 395 Å². The summed E-state index contributed by atoms with van der Waals surface area (Å²) in [5.41, 5.74) is 12.8. The number of morpholine rings is 2. The zero-order chi connectivity index (χ0) is 49.3. The number of nitrogens with one attached hydrogen (secondary N) is 1. The number of alkyl halides is 6. The normalized spacial score (nSPS) is 19.5. The summed E-state index contributed by atoms with van der Waals surface area (Å²) in [6.45, 7) is 8.03. The molecule has 70 heavy (non-hydrogen) atoms. The number of fused-ring (bicyclic) bond motifs is 2. The Balaban J connectivity index is 0.000000174. The van der Waals surface area contributed by atoms with Crippen LogP contribution in [0.2, 0.25) is 0 Å². The van der Waals surface area contributed by atoms with E-state index >= 15 is 0 Å². The van der Waals surface area contributed by atoms with Gasteiger partial charge >= 0.3 is 12.4 Å². The molecule has 4 aliphatic heterocycles. The Hall–Kier alpha value is -7.01. The van der Waals surface area contributed by atoms with E-state index < -0.39 is 25.4 Å². The van der Waals surface area contributed by atoms with Crippen molar-refractivity contribution in [3.05, 3.63) is 24.8 Å². The Morgan fingerprint density at radius 2 is 1.06 bits per heavy atom. The number of ether oxygens (including phenoxy) is 2. The fourth-order valence-corrected chi connectivity index (χ4v) is 8.66. The number of nitrogens with two attached hydrogens (primary N) is 2. The second-order valence-corrected chi connectivity index (χ2v) is 17.1. The van der Waals surface area contributed by atoms with Gasteiger partial charge in [-0.1, -0.05) is 0 Å². The number of imidazole rings is 2. The summed E-state index contributed by atoms with van der Waals surface area (Å²) in [5, 5.41) is 3.31. The van der Waals surface area contributed by atoms with Crippen molar-refractivity contribution < 1.29 is 40.6 Å². The van der Waals surface area contributed by atoms with E-state index in [-0.39, 0.29) is 64.3 Å². The standard InChI is InChI=1S/C21H25F3N10O2.C20H25F3N10O/c1-13-10-32(2-3-33(13)12-35)20-28-15-17(31-4-6-36-7-5-31)29-16(14-8-26-19(25)27-9-14)30-18(15)34(20)11-21(22,23)24;1-12-10-32(3-2-25-12)19-28-14-16(31-4-6-34-7-5-31)29-15(13-8-26-18(24)27-9-13)30-17(14)33(19)11-20(21,22)23/h8-9,12-13H,2-7,10-11H2,1H3,(H2,25,26,27);8-9,12,25H,2-7,10-11H2,1H3,(H2,24,26,27)/t13-;12-/m11/s1. The lowest BCUT2D eigenvalue weighted by atomic mass is 10.2. The number of carbonyl (C=O) groups excluding carboxylic acids is 1. The summed E-state index contributed by atoms with van der Waals surface area (Å²) in [6, 6.07) is -0.0807. The topological polar surface area (TPSA) is 255 Å². The van der Waals surface area contributed by atoms with E-state index in [2.05, 4.69) is 55.2 Å². The fraction of sp³-hybridized carbons (Fsp3) is 0.537. The minimum atomic E-state index is -4.52. The number of hydrogen-bond acceptors (Lipinski definition) is 20. The zero-order valence-corrected chi connectivity index (χ0v) is 38.1. The molecule has 6 aromatic rings. The number of rotatable bonds is 9. The lowest BCUT2D eigenvalue weighted by molar-refractivity contribution is -0.140. The number of anilines is 6. The Bertz CT molecular complexity index is 2780. The largest absolute Gasteiger partial charge is 0.406 e.